The van der Waals surface area contributed by atoms with E-state index in [1.165, 1.54) is 12.1 Å². The first-order valence-electron chi connectivity index (χ1n) is 3.65. The topological polar surface area (TPSA) is 95.7 Å². The fourth-order valence-electron chi connectivity index (χ4n) is 0.935. The lowest BCUT2D eigenvalue weighted by Gasteiger charge is -2.19. The second-order valence-electron chi connectivity index (χ2n) is 2.65. The summed E-state index contributed by atoms with van der Waals surface area (Å²) in [4.78, 5) is 1.56. The number of hydrogen-bond donors (Lipinski definition) is 3. The molecular weight excluding hydrogens is 301 g/mol. The average molecular weight is 307 g/mol. The van der Waals surface area contributed by atoms with Gasteiger partial charge in [0.1, 0.15) is 5.69 Å². The van der Waals surface area contributed by atoms with Gasteiger partial charge in [-0.1, -0.05) is 39.6 Å². The fraction of sp³-hybridized carbons (Fsp3) is 0. The number of anilines is 1. The fourth-order valence-corrected chi connectivity index (χ4v) is 2.27. The summed E-state index contributed by atoms with van der Waals surface area (Å²) in [5.41, 5.74) is -0.0367. The molecule has 10 heteroatoms. The molecule has 0 saturated carbocycles. The Labute approximate surface area is 107 Å². The van der Waals surface area contributed by atoms with Crippen molar-refractivity contribution in [1.29, 1.82) is 0 Å². The summed E-state index contributed by atoms with van der Waals surface area (Å²) in [5.74, 6) is 5.30. The standard InChI is InChI=1S/C6H6Cl3N3O3S/c7-3-1-4(8)6(5(9)2-3)12(10)11-16(13,14)15/h1-2,11H,10H2,(H,13,14,15). The maximum absolute atomic E-state index is 10.5. The molecule has 16 heavy (non-hydrogen) atoms. The van der Waals surface area contributed by atoms with Gasteiger partial charge in [-0.25, -0.2) is 11.0 Å². The molecule has 0 atom stereocenters. The maximum Gasteiger partial charge on any atom is 0.351 e. The van der Waals surface area contributed by atoms with Gasteiger partial charge in [-0.3, -0.25) is 4.55 Å². The van der Waals surface area contributed by atoms with E-state index in [0.29, 0.717) is 5.12 Å². The Balaban J connectivity index is 3.14. The zero-order valence-corrected chi connectivity index (χ0v) is 10.6. The Kier molecular flexibility index (Phi) is 4.24. The number of benzene rings is 1. The zero-order valence-electron chi connectivity index (χ0n) is 7.49. The molecule has 0 radical (unpaired) electrons. The van der Waals surface area contributed by atoms with Gasteiger partial charge in [0.2, 0.25) is 0 Å². The summed E-state index contributed by atoms with van der Waals surface area (Å²) in [6.45, 7) is 0. The third kappa shape index (κ3) is 3.63. The van der Waals surface area contributed by atoms with E-state index >= 15 is 0 Å². The van der Waals surface area contributed by atoms with Crippen LogP contribution < -0.4 is 15.8 Å². The van der Waals surface area contributed by atoms with Gasteiger partial charge in [-0.05, 0) is 12.1 Å². The molecule has 4 N–H and O–H groups in total. The third-order valence-corrected chi connectivity index (χ3v) is 2.66. The van der Waals surface area contributed by atoms with Gasteiger partial charge in [-0.2, -0.15) is 8.42 Å². The van der Waals surface area contributed by atoms with Crippen molar-refractivity contribution in [3.63, 3.8) is 0 Å². The van der Waals surface area contributed by atoms with Crippen LogP contribution in [-0.4, -0.2) is 13.0 Å². The molecular formula is C6H6Cl3N3O3S. The number of nitrogens with one attached hydrogen (secondary N) is 1. The van der Waals surface area contributed by atoms with Crippen LogP contribution in [0.2, 0.25) is 15.1 Å². The first-order chi connectivity index (χ1) is 7.20. The SMILES string of the molecule is NN(NS(=O)(=O)O)c1c(Cl)cc(Cl)cc1Cl. The molecule has 0 amide bonds. The number of nitrogens with zero attached hydrogens (tertiary/aromatic N) is 1. The Morgan fingerprint density at radius 2 is 1.69 bits per heavy atom. The highest BCUT2D eigenvalue weighted by Crippen LogP contribution is 2.34. The Morgan fingerprint density at radius 1 is 1.25 bits per heavy atom. The van der Waals surface area contributed by atoms with Crippen LogP contribution in [0, 0.1) is 0 Å². The van der Waals surface area contributed by atoms with Crippen LogP contribution in [0.15, 0.2) is 12.1 Å². The number of halogens is 3. The second kappa shape index (κ2) is 4.92. The number of hydrazine groups is 2. The van der Waals surface area contributed by atoms with Gasteiger partial charge in [0.05, 0.1) is 10.0 Å². The summed E-state index contributed by atoms with van der Waals surface area (Å²) in [7, 11) is -4.51. The molecule has 6 nitrogen and oxygen atoms in total. The Bertz CT molecular complexity index is 484. The van der Waals surface area contributed by atoms with Crippen LogP contribution in [0.5, 0.6) is 0 Å². The van der Waals surface area contributed by atoms with Crippen molar-refractivity contribution >= 4 is 50.8 Å². The van der Waals surface area contributed by atoms with Crippen LogP contribution >= 0.6 is 34.8 Å². The second-order valence-corrected chi connectivity index (χ2v) is 5.04. The minimum atomic E-state index is -4.51. The molecule has 0 fully saturated rings. The molecule has 0 unspecified atom stereocenters. The normalized spacial score (nSPS) is 11.6. The van der Waals surface area contributed by atoms with E-state index in [-0.39, 0.29) is 20.8 Å². The number of hydrogen-bond acceptors (Lipinski definition) is 4. The molecule has 1 aromatic rings. The first kappa shape index (κ1) is 13.8. The summed E-state index contributed by atoms with van der Waals surface area (Å²) >= 11 is 17.1. The van der Waals surface area contributed by atoms with Gasteiger partial charge >= 0.3 is 10.3 Å². The van der Waals surface area contributed by atoms with Crippen molar-refractivity contribution < 1.29 is 13.0 Å². The molecule has 1 aromatic carbocycles. The highest BCUT2D eigenvalue weighted by Gasteiger charge is 2.16. The van der Waals surface area contributed by atoms with Crippen LogP contribution in [0.1, 0.15) is 0 Å². The van der Waals surface area contributed by atoms with Crippen molar-refractivity contribution in [3.05, 3.63) is 27.2 Å². The molecule has 0 aliphatic rings. The van der Waals surface area contributed by atoms with Crippen molar-refractivity contribution in [1.82, 2.24) is 4.83 Å². The van der Waals surface area contributed by atoms with Crippen molar-refractivity contribution in [2.45, 2.75) is 0 Å². The van der Waals surface area contributed by atoms with Crippen molar-refractivity contribution in [2.24, 2.45) is 5.84 Å². The lowest BCUT2D eigenvalue weighted by molar-refractivity contribution is 0.464. The van der Waals surface area contributed by atoms with Gasteiger partial charge < -0.3 is 0 Å². The maximum atomic E-state index is 10.5. The van der Waals surface area contributed by atoms with E-state index in [4.69, 9.17) is 45.2 Å². The largest absolute Gasteiger partial charge is 0.351 e. The highest BCUT2D eigenvalue weighted by molar-refractivity contribution is 7.83. The molecule has 0 saturated heterocycles. The van der Waals surface area contributed by atoms with E-state index in [1.54, 1.807) is 4.83 Å². The van der Waals surface area contributed by atoms with E-state index in [1.807, 2.05) is 0 Å². The lowest BCUT2D eigenvalue weighted by atomic mass is 10.3. The van der Waals surface area contributed by atoms with Gasteiger partial charge in [0.15, 0.2) is 0 Å². The highest BCUT2D eigenvalue weighted by atomic mass is 35.5. The molecule has 1 rings (SSSR count). The molecule has 0 aliphatic carbocycles. The minimum absolute atomic E-state index is 0.0242. The smallest absolute Gasteiger partial charge is 0.272 e. The van der Waals surface area contributed by atoms with Crippen molar-refractivity contribution in [3.8, 4) is 0 Å². The molecule has 0 aliphatic heterocycles. The lowest BCUT2D eigenvalue weighted by Crippen LogP contribution is -2.47. The average Bonchev–Trinajstić information content (AvgIpc) is 1.96. The molecule has 0 heterocycles. The van der Waals surface area contributed by atoms with Gasteiger partial charge in [-0.15, -0.1) is 0 Å². The molecule has 0 spiro atoms. The Hall–Kier alpha value is -0.280. The Morgan fingerprint density at radius 3 is 2.06 bits per heavy atom. The summed E-state index contributed by atoms with van der Waals surface area (Å²) in [6.07, 6.45) is 0. The summed E-state index contributed by atoms with van der Waals surface area (Å²) in [5, 5.41) is 0.780. The van der Waals surface area contributed by atoms with E-state index < -0.39 is 10.3 Å². The number of nitrogens with two attached hydrogens (primary N) is 1. The predicted molar refractivity (Wildman–Crippen MR) is 62.8 cm³/mol. The van der Waals surface area contributed by atoms with Crippen molar-refractivity contribution in [2.75, 3.05) is 5.12 Å². The molecule has 0 bridgehead atoms. The first-order valence-corrected chi connectivity index (χ1v) is 6.22. The summed E-state index contributed by atoms with van der Waals surface area (Å²) < 4.78 is 29.5. The predicted octanol–water partition coefficient (Wildman–Crippen LogP) is 1.63. The monoisotopic (exact) mass is 305 g/mol. The minimum Gasteiger partial charge on any atom is -0.272 e. The van der Waals surface area contributed by atoms with E-state index in [0.717, 1.165) is 0 Å². The van der Waals surface area contributed by atoms with Gasteiger partial charge in [0, 0.05) is 5.02 Å². The number of rotatable bonds is 3. The van der Waals surface area contributed by atoms with Crippen LogP contribution in [0.4, 0.5) is 5.69 Å². The zero-order chi connectivity index (χ0) is 12.5. The third-order valence-electron chi connectivity index (χ3n) is 1.44. The van der Waals surface area contributed by atoms with Crippen LogP contribution in [0.25, 0.3) is 0 Å². The quantitative estimate of drug-likeness (QED) is 0.448. The molecule has 90 valence electrons. The van der Waals surface area contributed by atoms with Crippen LogP contribution in [-0.2, 0) is 10.3 Å². The van der Waals surface area contributed by atoms with Crippen LogP contribution in [0.3, 0.4) is 0 Å². The van der Waals surface area contributed by atoms with E-state index in [2.05, 4.69) is 0 Å². The molecule has 0 aromatic heterocycles. The van der Waals surface area contributed by atoms with E-state index in [9.17, 15) is 8.42 Å². The van der Waals surface area contributed by atoms with Gasteiger partial charge in [0.25, 0.3) is 0 Å². The summed E-state index contributed by atoms with van der Waals surface area (Å²) in [6, 6.07) is 2.63.